The van der Waals surface area contributed by atoms with Crippen molar-refractivity contribution in [2.45, 2.75) is 12.5 Å². The predicted molar refractivity (Wildman–Crippen MR) is 68.5 cm³/mol. The highest BCUT2D eigenvalue weighted by Gasteiger charge is 2.23. The van der Waals surface area contributed by atoms with Gasteiger partial charge < -0.3 is 4.74 Å². The Morgan fingerprint density at radius 1 is 1.83 bits per heavy atom. The average Bonchev–Trinajstić information content (AvgIpc) is 2.79. The summed E-state index contributed by atoms with van der Waals surface area (Å²) in [6, 6.07) is -0.640. The van der Waals surface area contributed by atoms with Crippen molar-refractivity contribution in [3.8, 4) is 0 Å². The molecule has 0 fully saturated rings. The summed E-state index contributed by atoms with van der Waals surface area (Å²) < 4.78 is 5.20. The fourth-order valence-electron chi connectivity index (χ4n) is 1.23. The van der Waals surface area contributed by atoms with E-state index in [1.165, 1.54) is 24.6 Å². The van der Waals surface area contributed by atoms with E-state index in [0.29, 0.717) is 28.9 Å². The fraction of sp³-hybridized carbons (Fsp3) is 0.556. The van der Waals surface area contributed by atoms with Crippen molar-refractivity contribution in [2.75, 3.05) is 20.2 Å². The van der Waals surface area contributed by atoms with Gasteiger partial charge in [-0.3, -0.25) is 5.32 Å². The number of hydrogen-bond acceptors (Lipinski definition) is 6. The Balaban J connectivity index is 2.57. The van der Waals surface area contributed by atoms with Gasteiger partial charge in [-0.15, -0.1) is 11.3 Å². The molecular weight excluding hydrogens is 278 g/mol. The zero-order valence-corrected chi connectivity index (χ0v) is 11.2. The van der Waals surface area contributed by atoms with E-state index in [4.69, 9.17) is 21.9 Å². The zero-order valence-electron chi connectivity index (χ0n) is 9.67. The van der Waals surface area contributed by atoms with Gasteiger partial charge in [-0.05, 0) is 18.5 Å². The van der Waals surface area contributed by atoms with Crippen LogP contribution in [0.3, 0.4) is 0 Å². The van der Waals surface area contributed by atoms with E-state index >= 15 is 0 Å². The molecule has 0 aliphatic heterocycles. The normalized spacial score (nSPS) is 11.7. The first-order valence-electron chi connectivity index (χ1n) is 5.12. The van der Waals surface area contributed by atoms with Gasteiger partial charge >= 0.3 is 5.97 Å². The Morgan fingerprint density at radius 3 is 3.17 bits per heavy atom. The minimum absolute atomic E-state index is 0.371. The number of nitrogens with zero attached hydrogens (tertiary/aromatic N) is 4. The van der Waals surface area contributed by atoms with Crippen LogP contribution in [0.4, 0.5) is 0 Å². The first kappa shape index (κ1) is 14.7. The third-order valence-corrected chi connectivity index (χ3v) is 3.21. The van der Waals surface area contributed by atoms with Gasteiger partial charge in [-0.1, -0.05) is 16.7 Å². The molecule has 0 aliphatic rings. The number of methoxy groups -OCH3 is 1. The highest BCUT2D eigenvalue weighted by atomic mass is 35.5. The molecule has 1 rings (SSSR count). The number of ether oxygens (including phenoxy) is 1. The van der Waals surface area contributed by atoms with E-state index in [1.54, 1.807) is 0 Å². The highest BCUT2D eigenvalue weighted by Crippen LogP contribution is 2.24. The SMILES string of the molecule is COC(=O)C(NCCCN=[N+]=[N-])c1ncc(Cl)s1. The lowest BCUT2D eigenvalue weighted by atomic mass is 10.3. The van der Waals surface area contributed by atoms with E-state index in [0.717, 1.165) is 0 Å². The molecular formula is C9H12ClN5O2S. The van der Waals surface area contributed by atoms with Crippen LogP contribution >= 0.6 is 22.9 Å². The summed E-state index contributed by atoms with van der Waals surface area (Å²) in [7, 11) is 1.31. The second-order valence-electron chi connectivity index (χ2n) is 3.22. The number of esters is 1. The topological polar surface area (TPSA) is 100.0 Å². The standard InChI is InChI=1S/C9H12ClN5O2S/c1-17-9(16)7(8-13-5-6(10)18-8)12-3-2-4-14-15-11/h5,7,12H,2-4H2,1H3. The van der Waals surface area contributed by atoms with Crippen molar-refractivity contribution >= 4 is 28.9 Å². The van der Waals surface area contributed by atoms with Crippen LogP contribution in [0, 0.1) is 0 Å². The number of azide groups is 1. The Labute approximate surface area is 113 Å². The summed E-state index contributed by atoms with van der Waals surface area (Å²) in [5.74, 6) is -0.426. The maximum Gasteiger partial charge on any atom is 0.330 e. The van der Waals surface area contributed by atoms with Crippen LogP contribution in [-0.2, 0) is 9.53 Å². The molecule has 0 aromatic carbocycles. The Kier molecular flexibility index (Phi) is 6.45. The van der Waals surface area contributed by atoms with Gasteiger partial charge in [-0.25, -0.2) is 9.78 Å². The number of hydrogen-bond donors (Lipinski definition) is 1. The molecule has 98 valence electrons. The average molecular weight is 290 g/mol. The second-order valence-corrected chi connectivity index (χ2v) is 4.91. The minimum Gasteiger partial charge on any atom is -0.468 e. The molecule has 0 saturated heterocycles. The molecule has 0 spiro atoms. The summed E-state index contributed by atoms with van der Waals surface area (Å²) in [5.41, 5.74) is 8.12. The third-order valence-electron chi connectivity index (χ3n) is 2.03. The quantitative estimate of drug-likeness (QED) is 0.274. The number of carbonyl (C=O) groups excluding carboxylic acids is 1. The van der Waals surface area contributed by atoms with Gasteiger partial charge in [-0.2, -0.15) is 0 Å². The molecule has 9 heteroatoms. The van der Waals surface area contributed by atoms with Crippen LogP contribution in [0.2, 0.25) is 4.34 Å². The van der Waals surface area contributed by atoms with Crippen molar-refractivity contribution < 1.29 is 9.53 Å². The molecule has 1 unspecified atom stereocenters. The molecule has 18 heavy (non-hydrogen) atoms. The maximum absolute atomic E-state index is 11.6. The lowest BCUT2D eigenvalue weighted by Gasteiger charge is -2.13. The summed E-state index contributed by atoms with van der Waals surface area (Å²) in [6.07, 6.45) is 2.11. The Morgan fingerprint density at radius 2 is 2.61 bits per heavy atom. The van der Waals surface area contributed by atoms with Gasteiger partial charge in [0.1, 0.15) is 9.34 Å². The van der Waals surface area contributed by atoms with Gasteiger partial charge in [0.25, 0.3) is 0 Å². The van der Waals surface area contributed by atoms with Crippen LogP contribution in [-0.4, -0.2) is 31.2 Å². The summed E-state index contributed by atoms with van der Waals surface area (Å²) in [5, 5.41) is 6.94. The van der Waals surface area contributed by atoms with Gasteiger partial charge in [0.15, 0.2) is 6.04 Å². The van der Waals surface area contributed by atoms with E-state index in [-0.39, 0.29) is 0 Å². The van der Waals surface area contributed by atoms with Gasteiger partial charge in [0.05, 0.1) is 13.3 Å². The smallest absolute Gasteiger partial charge is 0.330 e. The number of nitrogens with one attached hydrogen (secondary N) is 1. The van der Waals surface area contributed by atoms with Gasteiger partial charge in [0.2, 0.25) is 0 Å². The number of halogens is 1. The lowest BCUT2D eigenvalue weighted by Crippen LogP contribution is -2.30. The summed E-state index contributed by atoms with van der Waals surface area (Å²) >= 11 is 6.99. The first-order valence-corrected chi connectivity index (χ1v) is 6.31. The van der Waals surface area contributed by atoms with Gasteiger partial charge in [0, 0.05) is 11.5 Å². The molecule has 1 atom stereocenters. The fourth-order valence-corrected chi connectivity index (χ4v) is 2.22. The van der Waals surface area contributed by atoms with Crippen molar-refractivity contribution in [1.29, 1.82) is 0 Å². The van der Waals surface area contributed by atoms with E-state index in [2.05, 4.69) is 20.3 Å². The van der Waals surface area contributed by atoms with E-state index in [9.17, 15) is 4.79 Å². The molecule has 0 aliphatic carbocycles. The Hall–Kier alpha value is -1.34. The highest BCUT2D eigenvalue weighted by molar-refractivity contribution is 7.16. The summed E-state index contributed by atoms with van der Waals surface area (Å²) in [4.78, 5) is 18.3. The van der Waals surface area contributed by atoms with Crippen LogP contribution < -0.4 is 5.32 Å². The predicted octanol–water partition coefficient (Wildman–Crippen LogP) is 2.30. The molecule has 1 aromatic heterocycles. The zero-order chi connectivity index (χ0) is 13.4. The van der Waals surface area contributed by atoms with Crippen molar-refractivity contribution in [3.05, 3.63) is 26.0 Å². The van der Waals surface area contributed by atoms with Crippen LogP contribution in [0.1, 0.15) is 17.5 Å². The van der Waals surface area contributed by atoms with Crippen LogP contribution in [0.5, 0.6) is 0 Å². The molecule has 1 heterocycles. The third kappa shape index (κ3) is 4.50. The molecule has 0 bridgehead atoms. The van der Waals surface area contributed by atoms with E-state index in [1.807, 2.05) is 0 Å². The summed E-state index contributed by atoms with van der Waals surface area (Å²) in [6.45, 7) is 0.881. The Bertz CT molecular complexity index is 446. The molecule has 1 aromatic rings. The number of rotatable bonds is 7. The maximum atomic E-state index is 11.6. The van der Waals surface area contributed by atoms with Crippen molar-refractivity contribution in [3.63, 3.8) is 0 Å². The molecule has 0 radical (unpaired) electrons. The van der Waals surface area contributed by atoms with Crippen LogP contribution in [0.15, 0.2) is 11.3 Å². The molecule has 0 amide bonds. The molecule has 7 nitrogen and oxygen atoms in total. The second kappa shape index (κ2) is 7.88. The number of thiazole rings is 1. The largest absolute Gasteiger partial charge is 0.468 e. The number of carbonyl (C=O) groups is 1. The minimum atomic E-state index is -0.640. The van der Waals surface area contributed by atoms with Crippen molar-refractivity contribution in [2.24, 2.45) is 5.11 Å². The number of aromatic nitrogens is 1. The van der Waals surface area contributed by atoms with Crippen LogP contribution in [0.25, 0.3) is 10.4 Å². The van der Waals surface area contributed by atoms with E-state index < -0.39 is 12.0 Å². The molecule has 1 N–H and O–H groups in total. The first-order chi connectivity index (χ1) is 8.69. The lowest BCUT2D eigenvalue weighted by molar-refractivity contribution is -0.143. The monoisotopic (exact) mass is 289 g/mol. The van der Waals surface area contributed by atoms with Crippen molar-refractivity contribution in [1.82, 2.24) is 10.3 Å². The molecule has 0 saturated carbocycles.